The van der Waals surface area contributed by atoms with Crippen LogP contribution in [0.2, 0.25) is 0 Å². The standard InChI is InChI=1S/C19H24F6O3/c1-10(2)11(3)27-9-16-7-13-5-14(16)6-15(13)8-17(18(20,21)22,19(23,24)25)28-12(4)26/h13-16H,1,3,5-9H2,2,4H3. The van der Waals surface area contributed by atoms with Crippen LogP contribution in [0.25, 0.3) is 0 Å². The molecule has 0 aliphatic heterocycles. The maximum atomic E-state index is 13.5. The number of rotatable bonds is 7. The summed E-state index contributed by atoms with van der Waals surface area (Å²) in [6.07, 6.45) is -11.6. The molecule has 0 amide bonds. The molecule has 28 heavy (non-hydrogen) atoms. The minimum absolute atomic E-state index is 0.0237. The molecule has 0 aromatic carbocycles. The highest BCUT2D eigenvalue weighted by atomic mass is 19.4. The van der Waals surface area contributed by atoms with E-state index >= 15 is 0 Å². The Balaban J connectivity index is 2.11. The smallest absolute Gasteiger partial charge is 0.437 e. The number of carbonyl (C=O) groups is 1. The van der Waals surface area contributed by atoms with Gasteiger partial charge in [-0.25, -0.2) is 0 Å². The van der Waals surface area contributed by atoms with Gasteiger partial charge < -0.3 is 9.47 Å². The first kappa shape index (κ1) is 22.6. The van der Waals surface area contributed by atoms with Crippen molar-refractivity contribution in [1.29, 1.82) is 0 Å². The minimum atomic E-state index is -5.75. The monoisotopic (exact) mass is 414 g/mol. The molecule has 0 saturated heterocycles. The highest BCUT2D eigenvalue weighted by Gasteiger charge is 2.74. The molecule has 2 saturated carbocycles. The van der Waals surface area contributed by atoms with E-state index in [0.717, 1.165) is 0 Å². The van der Waals surface area contributed by atoms with Crippen LogP contribution in [-0.2, 0) is 14.3 Å². The second-order valence-corrected chi connectivity index (χ2v) is 7.88. The summed E-state index contributed by atoms with van der Waals surface area (Å²) < 4.78 is 90.2. The lowest BCUT2D eigenvalue weighted by atomic mass is 9.76. The van der Waals surface area contributed by atoms with Crippen LogP contribution in [0.5, 0.6) is 0 Å². The second-order valence-electron chi connectivity index (χ2n) is 7.88. The molecule has 9 heteroatoms. The van der Waals surface area contributed by atoms with E-state index in [1.807, 2.05) is 0 Å². The average molecular weight is 414 g/mol. The molecule has 4 unspecified atom stereocenters. The van der Waals surface area contributed by atoms with Crippen molar-refractivity contribution in [3.63, 3.8) is 0 Å². The molecular weight excluding hydrogens is 390 g/mol. The minimum Gasteiger partial charge on any atom is -0.494 e. The van der Waals surface area contributed by atoms with Crippen LogP contribution in [0.4, 0.5) is 26.3 Å². The Labute approximate surface area is 159 Å². The van der Waals surface area contributed by atoms with Crippen molar-refractivity contribution >= 4 is 5.97 Å². The van der Waals surface area contributed by atoms with Gasteiger partial charge in [0.2, 0.25) is 0 Å². The molecule has 0 radical (unpaired) electrons. The van der Waals surface area contributed by atoms with Gasteiger partial charge in [-0.1, -0.05) is 13.2 Å². The summed E-state index contributed by atoms with van der Waals surface area (Å²) in [6.45, 7) is 9.98. The zero-order valence-corrected chi connectivity index (χ0v) is 15.8. The Bertz CT molecular complexity index is 623. The predicted molar refractivity (Wildman–Crippen MR) is 88.9 cm³/mol. The molecule has 3 nitrogen and oxygen atoms in total. The Hall–Kier alpha value is -1.67. The van der Waals surface area contributed by atoms with Crippen molar-refractivity contribution in [2.24, 2.45) is 23.7 Å². The normalized spacial score (nSPS) is 27.6. The van der Waals surface area contributed by atoms with E-state index in [4.69, 9.17) is 4.74 Å². The maximum Gasteiger partial charge on any atom is 0.437 e. The number of esters is 1. The van der Waals surface area contributed by atoms with E-state index in [1.54, 1.807) is 6.92 Å². The lowest BCUT2D eigenvalue weighted by Crippen LogP contribution is -2.60. The van der Waals surface area contributed by atoms with Crippen LogP contribution in [-0.4, -0.2) is 30.5 Å². The fourth-order valence-corrected chi connectivity index (χ4v) is 4.46. The van der Waals surface area contributed by atoms with Gasteiger partial charge >= 0.3 is 23.9 Å². The van der Waals surface area contributed by atoms with Gasteiger partial charge in [-0.2, -0.15) is 26.3 Å². The van der Waals surface area contributed by atoms with Crippen LogP contribution >= 0.6 is 0 Å². The van der Waals surface area contributed by atoms with E-state index in [9.17, 15) is 31.1 Å². The Kier molecular flexibility index (Phi) is 6.16. The number of hydrogen-bond acceptors (Lipinski definition) is 3. The lowest BCUT2D eigenvalue weighted by Gasteiger charge is -2.40. The van der Waals surface area contributed by atoms with Crippen LogP contribution in [0, 0.1) is 23.7 Å². The number of fused-ring (bicyclic) bond motifs is 2. The molecule has 4 atom stereocenters. The summed E-state index contributed by atoms with van der Waals surface area (Å²) in [4.78, 5) is 11.1. The van der Waals surface area contributed by atoms with Gasteiger partial charge in [0.15, 0.2) is 0 Å². The van der Waals surface area contributed by atoms with Crippen LogP contribution in [0.15, 0.2) is 24.5 Å². The highest BCUT2D eigenvalue weighted by Crippen LogP contribution is 2.58. The molecule has 0 heterocycles. The van der Waals surface area contributed by atoms with Crippen molar-refractivity contribution in [2.75, 3.05) is 6.61 Å². The van der Waals surface area contributed by atoms with Crippen molar-refractivity contribution in [3.05, 3.63) is 24.5 Å². The molecule has 2 aliphatic carbocycles. The Morgan fingerprint density at radius 3 is 1.82 bits per heavy atom. The quantitative estimate of drug-likeness (QED) is 0.236. The lowest BCUT2D eigenvalue weighted by molar-refractivity contribution is -0.374. The van der Waals surface area contributed by atoms with Gasteiger partial charge in [-0.15, -0.1) is 0 Å². The van der Waals surface area contributed by atoms with Crippen molar-refractivity contribution < 1.29 is 40.6 Å². The largest absolute Gasteiger partial charge is 0.494 e. The molecule has 2 rings (SSSR count). The third kappa shape index (κ3) is 4.33. The summed E-state index contributed by atoms with van der Waals surface area (Å²) in [5, 5.41) is 0. The molecule has 2 fully saturated rings. The molecule has 0 N–H and O–H groups in total. The van der Waals surface area contributed by atoms with Gasteiger partial charge in [-0.3, -0.25) is 4.79 Å². The molecule has 160 valence electrons. The fraction of sp³-hybridized carbons (Fsp3) is 0.737. The molecule has 2 bridgehead atoms. The maximum absolute atomic E-state index is 13.5. The Morgan fingerprint density at radius 1 is 0.929 bits per heavy atom. The van der Waals surface area contributed by atoms with Crippen LogP contribution in [0.1, 0.15) is 39.5 Å². The first-order valence-electron chi connectivity index (χ1n) is 8.98. The van der Waals surface area contributed by atoms with Crippen molar-refractivity contribution in [2.45, 2.75) is 57.5 Å². The zero-order chi connectivity index (χ0) is 21.5. The van der Waals surface area contributed by atoms with E-state index in [0.29, 0.717) is 37.7 Å². The number of hydrogen-bond donors (Lipinski definition) is 0. The number of allylic oxidation sites excluding steroid dienone is 1. The number of carbonyl (C=O) groups excluding carboxylic acids is 1. The first-order valence-corrected chi connectivity index (χ1v) is 8.98. The molecule has 2 aliphatic rings. The number of ether oxygens (including phenoxy) is 2. The topological polar surface area (TPSA) is 35.5 Å². The SMILES string of the molecule is C=C(C)C(=C)OCC1CC2CC1CC2CC(OC(C)=O)(C(F)(F)F)C(F)(F)F. The van der Waals surface area contributed by atoms with E-state index in [1.165, 1.54) is 0 Å². The van der Waals surface area contributed by atoms with Crippen molar-refractivity contribution in [1.82, 2.24) is 0 Å². The van der Waals surface area contributed by atoms with Gasteiger partial charge in [0.25, 0.3) is 0 Å². The number of halogens is 6. The fourth-order valence-electron chi connectivity index (χ4n) is 4.46. The summed E-state index contributed by atoms with van der Waals surface area (Å²) in [7, 11) is 0. The highest BCUT2D eigenvalue weighted by molar-refractivity contribution is 5.66. The summed E-state index contributed by atoms with van der Waals surface area (Å²) in [5.41, 5.74) is -3.82. The average Bonchev–Trinajstić information content (AvgIpc) is 3.08. The predicted octanol–water partition coefficient (Wildman–Crippen LogP) is 5.57. The van der Waals surface area contributed by atoms with E-state index in [-0.39, 0.29) is 24.2 Å². The molecule has 0 aromatic rings. The summed E-state index contributed by atoms with van der Waals surface area (Å²) in [6, 6.07) is 0. The Morgan fingerprint density at radius 2 is 1.43 bits per heavy atom. The summed E-state index contributed by atoms with van der Waals surface area (Å²) in [5.74, 6) is -2.28. The number of alkyl halides is 6. The first-order chi connectivity index (χ1) is 12.7. The van der Waals surface area contributed by atoms with Crippen LogP contribution < -0.4 is 0 Å². The van der Waals surface area contributed by atoms with Gasteiger partial charge in [0.05, 0.1) is 6.61 Å². The van der Waals surface area contributed by atoms with Gasteiger partial charge in [0, 0.05) is 13.3 Å². The molecule has 0 aromatic heterocycles. The third-order valence-electron chi connectivity index (χ3n) is 5.88. The third-order valence-corrected chi connectivity index (χ3v) is 5.88. The summed E-state index contributed by atoms with van der Waals surface area (Å²) >= 11 is 0. The molecule has 0 spiro atoms. The molecular formula is C19H24F6O3. The van der Waals surface area contributed by atoms with Gasteiger partial charge in [-0.05, 0) is 55.4 Å². The van der Waals surface area contributed by atoms with Crippen LogP contribution in [0.3, 0.4) is 0 Å². The zero-order valence-electron chi connectivity index (χ0n) is 15.8. The van der Waals surface area contributed by atoms with E-state index < -0.39 is 36.3 Å². The van der Waals surface area contributed by atoms with Crippen molar-refractivity contribution in [3.8, 4) is 0 Å². The second kappa shape index (κ2) is 7.63. The van der Waals surface area contributed by atoms with E-state index in [2.05, 4.69) is 17.9 Å². The van der Waals surface area contributed by atoms with Gasteiger partial charge in [0.1, 0.15) is 5.76 Å².